The van der Waals surface area contributed by atoms with E-state index in [1.165, 1.54) is 0 Å². The molecule has 0 aliphatic heterocycles. The lowest BCUT2D eigenvalue weighted by molar-refractivity contribution is 0.0625. The Morgan fingerprint density at radius 2 is 1.80 bits per heavy atom. The molecule has 1 aromatic rings. The second kappa shape index (κ2) is 5.36. The molecule has 0 saturated carbocycles. The minimum atomic E-state index is -1.44. The fraction of sp³-hybridized carbons (Fsp3) is 0.333. The van der Waals surface area contributed by atoms with E-state index in [2.05, 4.69) is 47.8 Å². The van der Waals surface area contributed by atoms with Crippen molar-refractivity contribution in [2.24, 2.45) is 0 Å². The average molecular weight is 423 g/mol. The Balaban J connectivity index is 2.81. The van der Waals surface area contributed by atoms with Crippen LogP contribution in [0.5, 0.6) is 5.75 Å². The number of para-hydroxylation sites is 1. The van der Waals surface area contributed by atoms with Gasteiger partial charge in [-0.1, -0.05) is 45.7 Å². The van der Waals surface area contributed by atoms with E-state index in [0.29, 0.717) is 5.75 Å². The molecule has 0 radical (unpaired) electrons. The second-order valence-electron chi connectivity index (χ2n) is 2.82. The van der Waals surface area contributed by atoms with Crippen molar-refractivity contribution < 1.29 is 9.84 Å². The molecule has 15 heavy (non-hydrogen) atoms. The van der Waals surface area contributed by atoms with Crippen LogP contribution in [0.2, 0.25) is 0 Å². The number of rotatable bonds is 4. The van der Waals surface area contributed by atoms with E-state index in [9.17, 15) is 5.11 Å². The van der Waals surface area contributed by atoms with Gasteiger partial charge < -0.3 is 9.84 Å². The third-order valence-electron chi connectivity index (χ3n) is 1.61. The first kappa shape index (κ1) is 13.8. The Morgan fingerprint density at radius 1 is 1.27 bits per heavy atom. The summed E-state index contributed by atoms with van der Waals surface area (Å²) in [5.41, 5.74) is 0. The summed E-state index contributed by atoms with van der Waals surface area (Å²) in [7, 11) is 0. The standard InChI is InChI=1S/C9H8Br3ClO2/c10-6-8(11,14)9(12,13)15-7-4-2-1-3-5-7/h1-5,14H,6H2. The highest BCUT2D eigenvalue weighted by Gasteiger charge is 2.47. The molecule has 6 heteroatoms. The van der Waals surface area contributed by atoms with E-state index in [1.54, 1.807) is 12.1 Å². The molecule has 1 N–H and O–H groups in total. The summed E-state index contributed by atoms with van der Waals surface area (Å²) in [5.74, 6) is 0.559. The Labute approximate surface area is 118 Å². The first-order valence-electron chi connectivity index (χ1n) is 3.98. The Hall–Kier alpha value is 0.710. The molecule has 1 aromatic carbocycles. The predicted molar refractivity (Wildman–Crippen MR) is 72.3 cm³/mol. The first-order chi connectivity index (χ1) is 6.89. The summed E-state index contributed by atoms with van der Waals surface area (Å²) in [5, 5.41) is 10.1. The van der Waals surface area contributed by atoms with Crippen LogP contribution in [0.4, 0.5) is 0 Å². The van der Waals surface area contributed by atoms with Crippen molar-refractivity contribution in [3.8, 4) is 5.75 Å². The lowest BCUT2D eigenvalue weighted by Gasteiger charge is -2.32. The summed E-state index contributed by atoms with van der Waals surface area (Å²) in [6.07, 6.45) is 0. The molecule has 0 amide bonds. The fourth-order valence-electron chi connectivity index (χ4n) is 0.793. The number of ether oxygens (including phenoxy) is 1. The zero-order valence-electron chi connectivity index (χ0n) is 7.46. The van der Waals surface area contributed by atoms with Crippen LogP contribution in [0, 0.1) is 0 Å². The highest BCUT2D eigenvalue weighted by Crippen LogP contribution is 2.42. The van der Waals surface area contributed by atoms with Crippen LogP contribution in [-0.4, -0.2) is 18.9 Å². The maximum atomic E-state index is 9.88. The van der Waals surface area contributed by atoms with Gasteiger partial charge in [0, 0.05) is 5.33 Å². The molecule has 2 nitrogen and oxygen atoms in total. The lowest BCUT2D eigenvalue weighted by atomic mass is 10.3. The van der Waals surface area contributed by atoms with Gasteiger partial charge >= 0.3 is 0 Å². The van der Waals surface area contributed by atoms with Crippen LogP contribution < -0.4 is 4.74 Å². The van der Waals surface area contributed by atoms with E-state index in [-0.39, 0.29) is 5.33 Å². The van der Waals surface area contributed by atoms with Crippen molar-refractivity contribution in [1.29, 1.82) is 0 Å². The quantitative estimate of drug-likeness (QED) is 0.747. The van der Waals surface area contributed by atoms with E-state index in [0.717, 1.165) is 0 Å². The first-order valence-corrected chi connectivity index (χ1v) is 7.07. The molecule has 84 valence electrons. The van der Waals surface area contributed by atoms with Crippen LogP contribution in [-0.2, 0) is 0 Å². The summed E-state index contributed by atoms with van der Waals surface area (Å²) >= 11 is 15.3. The van der Waals surface area contributed by atoms with Gasteiger partial charge in [0.1, 0.15) is 5.75 Å². The highest BCUT2D eigenvalue weighted by atomic mass is 79.9. The van der Waals surface area contributed by atoms with E-state index in [1.807, 2.05) is 18.2 Å². The maximum absolute atomic E-state index is 9.88. The number of hydrogen-bond donors (Lipinski definition) is 1. The van der Waals surface area contributed by atoms with Crippen molar-refractivity contribution in [2.75, 3.05) is 5.33 Å². The monoisotopic (exact) mass is 420 g/mol. The van der Waals surface area contributed by atoms with Gasteiger partial charge in [-0.25, -0.2) is 0 Å². The molecule has 0 bridgehead atoms. The molecule has 1 rings (SSSR count). The highest BCUT2D eigenvalue weighted by molar-refractivity contribution is 9.14. The fourth-order valence-corrected chi connectivity index (χ4v) is 2.29. The number of hydrogen-bond acceptors (Lipinski definition) is 2. The number of benzene rings is 1. The topological polar surface area (TPSA) is 29.5 Å². The third-order valence-corrected chi connectivity index (χ3v) is 5.98. The summed E-state index contributed by atoms with van der Waals surface area (Å²) < 4.78 is 2.55. The molecular formula is C9H8Br3ClO2. The van der Waals surface area contributed by atoms with Gasteiger partial charge in [-0.3, -0.25) is 0 Å². The number of alkyl halides is 4. The second-order valence-corrected chi connectivity index (χ2v) is 6.80. The van der Waals surface area contributed by atoms with Gasteiger partial charge in [-0.15, -0.1) is 0 Å². The zero-order valence-corrected chi connectivity index (χ0v) is 13.0. The van der Waals surface area contributed by atoms with E-state index < -0.39 is 8.48 Å². The molecule has 2 atom stereocenters. The smallest absolute Gasteiger partial charge is 0.277 e. The normalized spacial score (nSPS) is 19.0. The summed E-state index contributed by atoms with van der Waals surface area (Å²) in [4.78, 5) is 0. The van der Waals surface area contributed by atoms with E-state index >= 15 is 0 Å². The number of aliphatic hydroxyl groups is 1. The van der Waals surface area contributed by atoms with Crippen LogP contribution >= 0.6 is 59.4 Å². The lowest BCUT2D eigenvalue weighted by Crippen LogP contribution is -2.46. The largest absolute Gasteiger partial charge is 0.458 e. The minimum absolute atomic E-state index is 0.210. The number of halogens is 4. The molecular weight excluding hydrogens is 415 g/mol. The molecule has 0 spiro atoms. The van der Waals surface area contributed by atoms with Crippen molar-refractivity contribution in [3.63, 3.8) is 0 Å². The Morgan fingerprint density at radius 3 is 2.27 bits per heavy atom. The summed E-state index contributed by atoms with van der Waals surface area (Å²) in [6, 6.07) is 8.99. The molecule has 0 fully saturated rings. The molecule has 0 saturated heterocycles. The predicted octanol–water partition coefficient (Wildman–Crippen LogP) is 3.83. The van der Waals surface area contributed by atoms with Gasteiger partial charge in [-0.2, -0.15) is 0 Å². The van der Waals surface area contributed by atoms with Crippen LogP contribution in [0.25, 0.3) is 0 Å². The van der Waals surface area contributed by atoms with Crippen LogP contribution in [0.3, 0.4) is 0 Å². The SMILES string of the molecule is OC(Br)(CBr)C(Cl)(Br)Oc1ccccc1. The Kier molecular flexibility index (Phi) is 4.92. The molecule has 0 heterocycles. The summed E-state index contributed by atoms with van der Waals surface area (Å²) in [6.45, 7) is 0. The Bertz CT molecular complexity index is 316. The van der Waals surface area contributed by atoms with Crippen LogP contribution in [0.15, 0.2) is 30.3 Å². The van der Waals surface area contributed by atoms with Crippen molar-refractivity contribution >= 4 is 59.4 Å². The maximum Gasteiger partial charge on any atom is 0.277 e. The van der Waals surface area contributed by atoms with Gasteiger partial charge in [0.2, 0.25) is 0 Å². The third kappa shape index (κ3) is 3.60. The van der Waals surface area contributed by atoms with E-state index in [4.69, 9.17) is 16.3 Å². The minimum Gasteiger partial charge on any atom is -0.458 e. The zero-order chi connectivity index (χ0) is 11.5. The van der Waals surface area contributed by atoms with Gasteiger partial charge in [0.05, 0.1) is 0 Å². The van der Waals surface area contributed by atoms with Crippen LogP contribution in [0.1, 0.15) is 0 Å². The molecule has 0 aliphatic rings. The van der Waals surface area contributed by atoms with Gasteiger partial charge in [0.25, 0.3) is 3.97 Å². The molecule has 0 aliphatic carbocycles. The average Bonchev–Trinajstić information content (AvgIpc) is 2.18. The molecule has 0 aromatic heterocycles. The van der Waals surface area contributed by atoms with Gasteiger partial charge in [0.15, 0.2) is 4.51 Å². The van der Waals surface area contributed by atoms with Crippen molar-refractivity contribution in [2.45, 2.75) is 8.48 Å². The van der Waals surface area contributed by atoms with Gasteiger partial charge in [-0.05, 0) is 44.0 Å². The van der Waals surface area contributed by atoms with Crippen molar-refractivity contribution in [1.82, 2.24) is 0 Å². The molecule has 2 unspecified atom stereocenters. The van der Waals surface area contributed by atoms with Crippen molar-refractivity contribution in [3.05, 3.63) is 30.3 Å².